The van der Waals surface area contributed by atoms with Crippen LogP contribution in [0.2, 0.25) is 0 Å². The van der Waals surface area contributed by atoms with E-state index in [1.807, 2.05) is 48.5 Å². The molecule has 0 atom stereocenters. The third kappa shape index (κ3) is 2.70. The van der Waals surface area contributed by atoms with Crippen LogP contribution in [0.15, 0.2) is 78.9 Å². The highest BCUT2D eigenvalue weighted by atomic mass is 15.2. The van der Waals surface area contributed by atoms with Crippen molar-refractivity contribution in [2.24, 2.45) is 0 Å². The smallest absolute Gasteiger partial charge is 0.208 e. The molecule has 0 radical (unpaired) electrons. The molecular weight excluding hydrogens is 296 g/mol. The topological polar surface area (TPSA) is 55.9 Å². The van der Waals surface area contributed by atoms with Gasteiger partial charge in [0.05, 0.1) is 29.0 Å². The molecule has 0 fully saturated rings. The van der Waals surface area contributed by atoms with Crippen molar-refractivity contribution in [1.82, 2.24) is 9.55 Å². The average Bonchev–Trinajstić information content (AvgIpc) is 2.95. The highest BCUT2D eigenvalue weighted by molar-refractivity contribution is 5.81. The molecule has 4 heteroatoms. The molecule has 24 heavy (non-hydrogen) atoms. The lowest BCUT2D eigenvalue weighted by Gasteiger charge is -2.12. The van der Waals surface area contributed by atoms with E-state index in [0.717, 1.165) is 29.2 Å². The summed E-state index contributed by atoms with van der Waals surface area (Å²) in [5, 5.41) is 3.38. The number of nitrogens with zero attached hydrogens (tertiary/aromatic N) is 2. The molecule has 0 aliphatic heterocycles. The summed E-state index contributed by atoms with van der Waals surface area (Å²) in [5.74, 6) is 0.790. The van der Waals surface area contributed by atoms with Gasteiger partial charge in [0.25, 0.3) is 0 Å². The van der Waals surface area contributed by atoms with Crippen molar-refractivity contribution >= 4 is 28.4 Å². The van der Waals surface area contributed by atoms with Crippen LogP contribution < -0.4 is 11.1 Å². The second kappa shape index (κ2) is 6.08. The van der Waals surface area contributed by atoms with Crippen molar-refractivity contribution in [3.8, 4) is 0 Å². The first-order valence-electron chi connectivity index (χ1n) is 7.92. The first-order chi connectivity index (χ1) is 11.8. The van der Waals surface area contributed by atoms with Crippen LogP contribution in [0.1, 0.15) is 5.56 Å². The molecule has 4 rings (SSSR count). The standard InChI is InChI=1S/C20H18N4/c21-16-10-4-5-11-17(16)22-20-23-18-12-6-7-13-19(18)24(20)14-15-8-2-1-3-9-15/h1-13H,14,21H2,(H,22,23). The Labute approximate surface area is 140 Å². The predicted octanol–water partition coefficient (Wildman–Crippen LogP) is 4.41. The zero-order valence-electron chi connectivity index (χ0n) is 13.2. The zero-order valence-corrected chi connectivity index (χ0v) is 13.2. The fourth-order valence-corrected chi connectivity index (χ4v) is 2.83. The van der Waals surface area contributed by atoms with Crippen molar-refractivity contribution in [1.29, 1.82) is 0 Å². The third-order valence-corrected chi connectivity index (χ3v) is 4.05. The van der Waals surface area contributed by atoms with Crippen molar-refractivity contribution in [2.75, 3.05) is 11.1 Å². The minimum atomic E-state index is 0.704. The summed E-state index contributed by atoms with van der Waals surface area (Å²) in [6.07, 6.45) is 0. The van der Waals surface area contributed by atoms with Gasteiger partial charge in [0.1, 0.15) is 0 Å². The van der Waals surface area contributed by atoms with Crippen molar-refractivity contribution in [3.05, 3.63) is 84.4 Å². The first kappa shape index (κ1) is 14.3. The van der Waals surface area contributed by atoms with Gasteiger partial charge in [-0.3, -0.25) is 0 Å². The van der Waals surface area contributed by atoms with Crippen LogP contribution in [-0.2, 0) is 6.54 Å². The maximum Gasteiger partial charge on any atom is 0.208 e. The average molecular weight is 314 g/mol. The molecular formula is C20H18N4. The Hall–Kier alpha value is -3.27. The Balaban J connectivity index is 1.79. The molecule has 4 nitrogen and oxygen atoms in total. The number of nitrogens with one attached hydrogen (secondary N) is 1. The van der Waals surface area contributed by atoms with Crippen molar-refractivity contribution in [3.63, 3.8) is 0 Å². The van der Waals surface area contributed by atoms with Crippen LogP contribution in [-0.4, -0.2) is 9.55 Å². The molecule has 3 aromatic carbocycles. The summed E-state index contributed by atoms with van der Waals surface area (Å²) in [6.45, 7) is 0.746. The number of para-hydroxylation sites is 4. The summed E-state index contributed by atoms with van der Waals surface area (Å²) in [5.41, 5.74) is 10.9. The largest absolute Gasteiger partial charge is 0.397 e. The molecule has 4 aromatic rings. The highest BCUT2D eigenvalue weighted by Crippen LogP contribution is 2.26. The van der Waals surface area contributed by atoms with Gasteiger partial charge in [0.2, 0.25) is 5.95 Å². The van der Waals surface area contributed by atoms with Crippen molar-refractivity contribution < 1.29 is 0 Å². The lowest BCUT2D eigenvalue weighted by atomic mass is 10.2. The Morgan fingerprint density at radius 1 is 0.833 bits per heavy atom. The zero-order chi connectivity index (χ0) is 16.4. The van der Waals surface area contributed by atoms with E-state index in [4.69, 9.17) is 10.7 Å². The van der Waals surface area contributed by atoms with Gasteiger partial charge in [-0.15, -0.1) is 0 Å². The van der Waals surface area contributed by atoms with E-state index >= 15 is 0 Å². The number of anilines is 3. The molecule has 0 saturated carbocycles. The highest BCUT2D eigenvalue weighted by Gasteiger charge is 2.12. The number of hydrogen-bond acceptors (Lipinski definition) is 3. The van der Waals surface area contributed by atoms with Gasteiger partial charge in [-0.1, -0.05) is 54.6 Å². The fourth-order valence-electron chi connectivity index (χ4n) is 2.83. The number of hydrogen-bond donors (Lipinski definition) is 2. The predicted molar refractivity (Wildman–Crippen MR) is 99.4 cm³/mol. The molecule has 0 aliphatic carbocycles. The molecule has 1 heterocycles. The van der Waals surface area contributed by atoms with Crippen LogP contribution in [0, 0.1) is 0 Å². The van der Waals surface area contributed by atoms with E-state index in [-0.39, 0.29) is 0 Å². The van der Waals surface area contributed by atoms with Gasteiger partial charge in [-0.25, -0.2) is 4.98 Å². The summed E-state index contributed by atoms with van der Waals surface area (Å²) < 4.78 is 2.18. The monoisotopic (exact) mass is 314 g/mol. The van der Waals surface area contributed by atoms with Gasteiger partial charge in [-0.2, -0.15) is 0 Å². The van der Waals surface area contributed by atoms with Crippen LogP contribution in [0.25, 0.3) is 11.0 Å². The van der Waals surface area contributed by atoms with Gasteiger partial charge in [-0.05, 0) is 29.8 Å². The number of benzene rings is 3. The van der Waals surface area contributed by atoms with Gasteiger partial charge >= 0.3 is 0 Å². The number of nitrogens with two attached hydrogens (primary N) is 1. The van der Waals surface area contributed by atoms with Crippen LogP contribution >= 0.6 is 0 Å². The third-order valence-electron chi connectivity index (χ3n) is 4.05. The number of nitrogen functional groups attached to an aromatic ring is 1. The number of fused-ring (bicyclic) bond motifs is 1. The molecule has 3 N–H and O–H groups in total. The van der Waals surface area contributed by atoms with Crippen LogP contribution in [0.5, 0.6) is 0 Å². The maximum atomic E-state index is 6.07. The second-order valence-corrected chi connectivity index (χ2v) is 5.71. The maximum absolute atomic E-state index is 6.07. The number of aromatic nitrogens is 2. The Morgan fingerprint density at radius 2 is 1.54 bits per heavy atom. The van der Waals surface area contributed by atoms with Crippen molar-refractivity contribution in [2.45, 2.75) is 6.54 Å². The van der Waals surface area contributed by atoms with Crippen LogP contribution in [0.3, 0.4) is 0 Å². The van der Waals surface area contributed by atoms with Gasteiger partial charge in [0.15, 0.2) is 0 Å². The minimum absolute atomic E-state index is 0.704. The molecule has 0 bridgehead atoms. The summed E-state index contributed by atoms with van der Waals surface area (Å²) in [7, 11) is 0. The van der Waals surface area contributed by atoms with Crippen LogP contribution in [0.4, 0.5) is 17.3 Å². The second-order valence-electron chi connectivity index (χ2n) is 5.71. The molecule has 0 aliphatic rings. The Morgan fingerprint density at radius 3 is 2.38 bits per heavy atom. The van der Waals surface area contributed by atoms with E-state index in [2.05, 4.69) is 40.2 Å². The van der Waals surface area contributed by atoms with E-state index in [9.17, 15) is 0 Å². The Bertz CT molecular complexity index is 973. The molecule has 1 aromatic heterocycles. The summed E-state index contributed by atoms with van der Waals surface area (Å²) in [6, 6.07) is 26.2. The summed E-state index contributed by atoms with van der Waals surface area (Å²) >= 11 is 0. The van der Waals surface area contributed by atoms with E-state index in [1.54, 1.807) is 0 Å². The van der Waals surface area contributed by atoms with Gasteiger partial charge < -0.3 is 15.6 Å². The lowest BCUT2D eigenvalue weighted by Crippen LogP contribution is -2.06. The first-order valence-corrected chi connectivity index (χ1v) is 7.92. The minimum Gasteiger partial charge on any atom is -0.397 e. The quantitative estimate of drug-likeness (QED) is 0.549. The summed E-state index contributed by atoms with van der Waals surface area (Å²) in [4.78, 5) is 4.74. The molecule has 0 unspecified atom stereocenters. The number of imidazole rings is 1. The SMILES string of the molecule is Nc1ccccc1Nc1nc2ccccc2n1Cc1ccccc1. The molecule has 0 spiro atoms. The Kier molecular flexibility index (Phi) is 3.63. The molecule has 0 saturated heterocycles. The lowest BCUT2D eigenvalue weighted by molar-refractivity contribution is 0.835. The van der Waals surface area contributed by atoms with E-state index in [0.29, 0.717) is 5.69 Å². The normalized spacial score (nSPS) is 10.8. The van der Waals surface area contributed by atoms with E-state index in [1.165, 1.54) is 5.56 Å². The fraction of sp³-hybridized carbons (Fsp3) is 0.0500. The molecule has 118 valence electrons. The molecule has 0 amide bonds. The number of rotatable bonds is 4. The van der Waals surface area contributed by atoms with Gasteiger partial charge in [0, 0.05) is 0 Å². The van der Waals surface area contributed by atoms with E-state index < -0.39 is 0 Å².